The highest BCUT2D eigenvalue weighted by Gasteiger charge is 2.51. The van der Waals surface area contributed by atoms with Gasteiger partial charge in [0.05, 0.1) is 25.2 Å². The van der Waals surface area contributed by atoms with Gasteiger partial charge in [0.2, 0.25) is 0 Å². The maximum absolute atomic E-state index is 13.2. The van der Waals surface area contributed by atoms with Crippen molar-refractivity contribution in [1.82, 2.24) is 4.98 Å². The lowest BCUT2D eigenvalue weighted by Crippen LogP contribution is -3.14. The van der Waals surface area contributed by atoms with Crippen LogP contribution in [0.3, 0.4) is 0 Å². The third-order valence-corrected chi connectivity index (χ3v) is 5.55. The van der Waals surface area contributed by atoms with E-state index in [0.717, 1.165) is 25.9 Å². The number of para-hydroxylation sites is 1. The SMILES string of the molecule is O=C(C[C@]1(O)C(=O)N(C[NH+]2CCCCC2)c2ccccc21)c1ccccn1. The summed E-state index contributed by atoms with van der Waals surface area (Å²) in [6.45, 7) is 2.57. The van der Waals surface area contributed by atoms with Crippen LogP contribution in [0.4, 0.5) is 5.69 Å². The molecule has 1 amide bonds. The zero-order valence-electron chi connectivity index (χ0n) is 15.2. The Labute approximate surface area is 158 Å². The van der Waals surface area contributed by atoms with Crippen LogP contribution in [0, 0.1) is 0 Å². The van der Waals surface area contributed by atoms with Gasteiger partial charge in [0.15, 0.2) is 18.1 Å². The van der Waals surface area contributed by atoms with Crippen molar-refractivity contribution >= 4 is 17.4 Å². The van der Waals surface area contributed by atoms with E-state index in [1.54, 1.807) is 35.2 Å². The molecule has 1 atom stereocenters. The van der Waals surface area contributed by atoms with E-state index >= 15 is 0 Å². The molecule has 3 heterocycles. The largest absolute Gasteiger partial charge is 0.375 e. The van der Waals surface area contributed by atoms with Crippen LogP contribution in [-0.2, 0) is 10.4 Å². The quantitative estimate of drug-likeness (QED) is 0.772. The molecule has 1 aromatic heterocycles. The van der Waals surface area contributed by atoms with Crippen LogP contribution in [0.5, 0.6) is 0 Å². The number of ketones is 1. The number of anilines is 1. The molecule has 0 radical (unpaired) electrons. The molecule has 6 nitrogen and oxygen atoms in total. The number of carbonyl (C=O) groups excluding carboxylic acids is 2. The summed E-state index contributed by atoms with van der Waals surface area (Å²) in [5.74, 6) is -0.750. The van der Waals surface area contributed by atoms with Crippen LogP contribution in [0.15, 0.2) is 48.7 Å². The molecule has 1 fully saturated rings. The molecular weight excluding hydrogens is 342 g/mol. The van der Waals surface area contributed by atoms with Gasteiger partial charge in [-0.2, -0.15) is 0 Å². The number of pyridine rings is 1. The summed E-state index contributed by atoms with van der Waals surface area (Å²) in [6.07, 6.45) is 4.78. The Kier molecular flexibility index (Phi) is 4.76. The lowest BCUT2D eigenvalue weighted by Gasteiger charge is -2.29. The molecule has 4 rings (SSSR count). The summed E-state index contributed by atoms with van der Waals surface area (Å²) >= 11 is 0. The standard InChI is InChI=1S/C21H23N3O3/c25-19(17-9-4-5-11-22-17)14-21(27)16-8-2-3-10-18(16)24(20(21)26)15-23-12-6-1-7-13-23/h2-5,8-11,27H,1,6-7,12-15H2/p+1/t21-/m1/s1. The van der Waals surface area contributed by atoms with Crippen molar-refractivity contribution in [1.29, 1.82) is 0 Å². The minimum atomic E-state index is -1.83. The first kappa shape index (κ1) is 17.8. The number of nitrogens with zero attached hydrogens (tertiary/aromatic N) is 2. The molecule has 0 saturated carbocycles. The van der Waals surface area contributed by atoms with Gasteiger partial charge in [-0.25, -0.2) is 0 Å². The number of hydrogen-bond acceptors (Lipinski definition) is 4. The van der Waals surface area contributed by atoms with E-state index in [-0.39, 0.29) is 17.9 Å². The smallest absolute Gasteiger partial charge is 0.268 e. The van der Waals surface area contributed by atoms with E-state index in [9.17, 15) is 14.7 Å². The number of Topliss-reactive ketones (excluding diaryl/α,β-unsaturated/α-hetero) is 1. The fraction of sp³-hybridized carbons (Fsp3) is 0.381. The summed E-state index contributed by atoms with van der Waals surface area (Å²) in [7, 11) is 0. The summed E-state index contributed by atoms with van der Waals surface area (Å²) in [5.41, 5.74) is -0.357. The lowest BCUT2D eigenvalue weighted by molar-refractivity contribution is -0.903. The van der Waals surface area contributed by atoms with Gasteiger partial charge in [-0.3, -0.25) is 19.5 Å². The second kappa shape index (κ2) is 7.21. The Bertz CT molecular complexity index is 849. The molecule has 6 heteroatoms. The van der Waals surface area contributed by atoms with Gasteiger partial charge < -0.3 is 10.0 Å². The minimum Gasteiger partial charge on any atom is -0.375 e. The van der Waals surface area contributed by atoms with Crippen LogP contribution < -0.4 is 9.80 Å². The zero-order valence-corrected chi connectivity index (χ0v) is 15.2. The first-order valence-electron chi connectivity index (χ1n) is 9.51. The van der Waals surface area contributed by atoms with E-state index in [0.29, 0.717) is 17.9 Å². The van der Waals surface area contributed by atoms with Gasteiger partial charge in [0.25, 0.3) is 5.91 Å². The summed E-state index contributed by atoms with van der Waals surface area (Å²) in [5, 5.41) is 11.3. The van der Waals surface area contributed by atoms with Crippen molar-refractivity contribution in [2.75, 3.05) is 24.7 Å². The van der Waals surface area contributed by atoms with Gasteiger partial charge in [-0.1, -0.05) is 24.3 Å². The Hall–Kier alpha value is -2.57. The van der Waals surface area contributed by atoms with Gasteiger partial charge in [-0.15, -0.1) is 0 Å². The molecule has 1 saturated heterocycles. The van der Waals surface area contributed by atoms with E-state index in [4.69, 9.17) is 0 Å². The highest BCUT2D eigenvalue weighted by molar-refractivity contribution is 6.10. The van der Waals surface area contributed by atoms with E-state index < -0.39 is 11.5 Å². The number of fused-ring (bicyclic) bond motifs is 1. The Morgan fingerprint density at radius 3 is 2.59 bits per heavy atom. The van der Waals surface area contributed by atoms with Crippen molar-refractivity contribution in [2.45, 2.75) is 31.3 Å². The van der Waals surface area contributed by atoms with Crippen LogP contribution in [0.25, 0.3) is 0 Å². The maximum Gasteiger partial charge on any atom is 0.268 e. The number of nitrogens with one attached hydrogen (secondary N) is 1. The highest BCUT2D eigenvalue weighted by atomic mass is 16.3. The third kappa shape index (κ3) is 3.26. The topological polar surface area (TPSA) is 74.9 Å². The van der Waals surface area contributed by atoms with Gasteiger partial charge >= 0.3 is 0 Å². The predicted molar refractivity (Wildman–Crippen MR) is 100 cm³/mol. The third-order valence-electron chi connectivity index (χ3n) is 5.55. The number of amides is 1. The number of benzene rings is 1. The fourth-order valence-corrected chi connectivity index (χ4v) is 4.12. The number of quaternary nitrogens is 1. The van der Waals surface area contributed by atoms with Crippen molar-refractivity contribution in [3.63, 3.8) is 0 Å². The molecule has 2 aliphatic heterocycles. The van der Waals surface area contributed by atoms with Crippen molar-refractivity contribution in [3.05, 3.63) is 59.9 Å². The van der Waals surface area contributed by atoms with E-state index in [2.05, 4.69) is 4.98 Å². The van der Waals surface area contributed by atoms with Crippen LogP contribution in [0.1, 0.15) is 41.7 Å². The number of hydrogen-bond donors (Lipinski definition) is 2. The summed E-state index contributed by atoms with van der Waals surface area (Å²) in [4.78, 5) is 32.9. The number of aromatic nitrogens is 1. The summed E-state index contributed by atoms with van der Waals surface area (Å²) in [6, 6.07) is 12.3. The fourth-order valence-electron chi connectivity index (χ4n) is 4.12. The van der Waals surface area contributed by atoms with Gasteiger partial charge in [0, 0.05) is 11.8 Å². The average molecular weight is 366 g/mol. The minimum absolute atomic E-state index is 0.260. The van der Waals surface area contributed by atoms with E-state index in [1.807, 2.05) is 12.1 Å². The first-order chi connectivity index (χ1) is 13.1. The molecule has 2 aromatic rings. The second-order valence-corrected chi connectivity index (χ2v) is 7.39. The number of likely N-dealkylation sites (tertiary alicyclic amines) is 1. The Balaban J connectivity index is 1.62. The van der Waals surface area contributed by atoms with E-state index in [1.165, 1.54) is 17.5 Å². The highest BCUT2D eigenvalue weighted by Crippen LogP contribution is 2.42. The van der Waals surface area contributed by atoms with Crippen LogP contribution >= 0.6 is 0 Å². The molecule has 0 spiro atoms. The van der Waals surface area contributed by atoms with Crippen molar-refractivity contribution in [2.24, 2.45) is 0 Å². The van der Waals surface area contributed by atoms with Crippen molar-refractivity contribution in [3.8, 4) is 0 Å². The van der Waals surface area contributed by atoms with Crippen LogP contribution in [0.2, 0.25) is 0 Å². The normalized spacial score (nSPS) is 22.7. The maximum atomic E-state index is 13.2. The molecular formula is C21H24N3O3+. The predicted octanol–water partition coefficient (Wildman–Crippen LogP) is 0.915. The number of rotatable bonds is 5. The number of carbonyl (C=O) groups is 2. The molecule has 27 heavy (non-hydrogen) atoms. The molecule has 0 aliphatic carbocycles. The first-order valence-corrected chi connectivity index (χ1v) is 9.51. The average Bonchev–Trinajstić information content (AvgIpc) is 2.92. The molecule has 0 unspecified atom stereocenters. The van der Waals surface area contributed by atoms with Crippen LogP contribution in [-0.4, -0.2) is 41.5 Å². The number of aliphatic hydroxyl groups is 1. The molecule has 0 bridgehead atoms. The monoisotopic (exact) mass is 366 g/mol. The Morgan fingerprint density at radius 1 is 1.11 bits per heavy atom. The lowest BCUT2D eigenvalue weighted by atomic mass is 9.89. The second-order valence-electron chi connectivity index (χ2n) is 7.39. The van der Waals surface area contributed by atoms with Gasteiger partial charge in [-0.05, 0) is 37.5 Å². The molecule has 2 aliphatic rings. The molecule has 1 aromatic carbocycles. The van der Waals surface area contributed by atoms with Crippen molar-refractivity contribution < 1.29 is 19.6 Å². The van der Waals surface area contributed by atoms with Gasteiger partial charge in [0.1, 0.15) is 5.69 Å². The molecule has 140 valence electrons. The Morgan fingerprint density at radius 2 is 1.85 bits per heavy atom. The number of piperidine rings is 1. The summed E-state index contributed by atoms with van der Waals surface area (Å²) < 4.78 is 0. The molecule has 2 N–H and O–H groups in total. The zero-order chi connectivity index (χ0) is 18.9.